The molecule has 0 heterocycles. The Kier molecular flexibility index (Phi) is 4.77. The lowest BCUT2D eigenvalue weighted by molar-refractivity contribution is 0.284. The molecule has 0 saturated heterocycles. The van der Waals surface area contributed by atoms with Crippen molar-refractivity contribution in [1.82, 2.24) is 5.32 Å². The van der Waals surface area contributed by atoms with E-state index in [-0.39, 0.29) is 0 Å². The van der Waals surface area contributed by atoms with E-state index in [9.17, 15) is 0 Å². The Morgan fingerprint density at radius 2 is 2.00 bits per heavy atom. The molecule has 2 unspecified atom stereocenters. The van der Waals surface area contributed by atoms with Gasteiger partial charge in [-0.1, -0.05) is 38.0 Å². The third-order valence-corrected chi connectivity index (χ3v) is 5.15. The molecule has 1 aromatic carbocycles. The SMILES string of the molecule is CCCNC1CCCC(Cc2ccc3c(c2)CCC3)C1. The number of fused-ring (bicyclic) bond motifs is 1. The first-order valence-electron chi connectivity index (χ1n) is 8.69. The highest BCUT2D eigenvalue weighted by Crippen LogP contribution is 2.29. The second-order valence-electron chi connectivity index (χ2n) is 6.84. The highest BCUT2D eigenvalue weighted by Gasteiger charge is 2.22. The third-order valence-electron chi connectivity index (χ3n) is 5.15. The number of aryl methyl sites for hydroxylation is 2. The fourth-order valence-electron chi connectivity index (χ4n) is 4.10. The van der Waals surface area contributed by atoms with E-state index in [1.54, 1.807) is 16.7 Å². The van der Waals surface area contributed by atoms with Crippen LogP contribution in [0.2, 0.25) is 0 Å². The molecule has 2 aliphatic rings. The summed E-state index contributed by atoms with van der Waals surface area (Å²) in [6.07, 6.45) is 12.2. The third kappa shape index (κ3) is 3.44. The van der Waals surface area contributed by atoms with Crippen molar-refractivity contribution in [3.8, 4) is 0 Å². The Balaban J connectivity index is 1.57. The van der Waals surface area contributed by atoms with E-state index in [0.29, 0.717) is 0 Å². The van der Waals surface area contributed by atoms with Crippen molar-refractivity contribution in [2.24, 2.45) is 5.92 Å². The van der Waals surface area contributed by atoms with Crippen LogP contribution in [0.5, 0.6) is 0 Å². The van der Waals surface area contributed by atoms with Crippen LogP contribution in [0, 0.1) is 5.92 Å². The summed E-state index contributed by atoms with van der Waals surface area (Å²) in [5.74, 6) is 0.901. The molecule has 0 aliphatic heterocycles. The van der Waals surface area contributed by atoms with Crippen LogP contribution >= 0.6 is 0 Å². The average molecular weight is 271 g/mol. The zero-order chi connectivity index (χ0) is 13.8. The second-order valence-corrected chi connectivity index (χ2v) is 6.84. The fourth-order valence-corrected chi connectivity index (χ4v) is 4.10. The quantitative estimate of drug-likeness (QED) is 0.843. The smallest absolute Gasteiger partial charge is 0.00698 e. The maximum atomic E-state index is 3.73. The lowest BCUT2D eigenvalue weighted by Crippen LogP contribution is -2.35. The summed E-state index contributed by atoms with van der Waals surface area (Å²) in [6, 6.07) is 8.08. The normalized spacial score (nSPS) is 25.6. The molecule has 0 radical (unpaired) electrons. The van der Waals surface area contributed by atoms with Gasteiger partial charge >= 0.3 is 0 Å². The number of hydrogen-bond donors (Lipinski definition) is 1. The highest BCUT2D eigenvalue weighted by atomic mass is 14.9. The molecule has 1 heteroatoms. The molecule has 0 bridgehead atoms. The zero-order valence-corrected chi connectivity index (χ0v) is 13.0. The molecule has 1 saturated carbocycles. The molecule has 20 heavy (non-hydrogen) atoms. The van der Waals surface area contributed by atoms with Crippen molar-refractivity contribution in [1.29, 1.82) is 0 Å². The molecule has 2 aliphatic carbocycles. The van der Waals surface area contributed by atoms with Gasteiger partial charge < -0.3 is 5.32 Å². The molecule has 2 atom stereocenters. The van der Waals surface area contributed by atoms with Gasteiger partial charge in [0.25, 0.3) is 0 Å². The summed E-state index contributed by atoms with van der Waals surface area (Å²) in [4.78, 5) is 0. The number of rotatable bonds is 5. The van der Waals surface area contributed by atoms with Crippen molar-refractivity contribution >= 4 is 0 Å². The van der Waals surface area contributed by atoms with Gasteiger partial charge in [0.2, 0.25) is 0 Å². The van der Waals surface area contributed by atoms with Crippen LogP contribution in [0.1, 0.15) is 62.1 Å². The number of benzene rings is 1. The van der Waals surface area contributed by atoms with Gasteiger partial charge in [-0.25, -0.2) is 0 Å². The lowest BCUT2D eigenvalue weighted by Gasteiger charge is -2.30. The molecule has 0 aromatic heterocycles. The molecule has 110 valence electrons. The predicted molar refractivity (Wildman–Crippen MR) is 86.2 cm³/mol. The van der Waals surface area contributed by atoms with Crippen molar-refractivity contribution in [2.45, 2.75) is 70.8 Å². The predicted octanol–water partition coefficient (Wildman–Crippen LogP) is 4.28. The molecular weight excluding hydrogens is 242 g/mol. The molecule has 3 rings (SSSR count). The van der Waals surface area contributed by atoms with Gasteiger partial charge in [-0.3, -0.25) is 0 Å². The number of nitrogens with one attached hydrogen (secondary N) is 1. The topological polar surface area (TPSA) is 12.0 Å². The Morgan fingerprint density at radius 1 is 1.10 bits per heavy atom. The van der Waals surface area contributed by atoms with Gasteiger partial charge in [0, 0.05) is 6.04 Å². The molecule has 0 amide bonds. The highest BCUT2D eigenvalue weighted by molar-refractivity contribution is 5.35. The zero-order valence-electron chi connectivity index (χ0n) is 13.0. The van der Waals surface area contributed by atoms with E-state index in [1.807, 2.05) is 0 Å². The summed E-state index contributed by atoms with van der Waals surface area (Å²) in [5, 5.41) is 3.73. The van der Waals surface area contributed by atoms with Crippen LogP contribution in [0.3, 0.4) is 0 Å². The van der Waals surface area contributed by atoms with Crippen molar-refractivity contribution < 1.29 is 0 Å². The van der Waals surface area contributed by atoms with Crippen molar-refractivity contribution in [2.75, 3.05) is 6.54 Å². The average Bonchev–Trinajstić information content (AvgIpc) is 2.93. The van der Waals surface area contributed by atoms with Crippen LogP contribution in [0.4, 0.5) is 0 Å². The summed E-state index contributed by atoms with van der Waals surface area (Å²) in [7, 11) is 0. The van der Waals surface area contributed by atoms with E-state index in [4.69, 9.17) is 0 Å². The van der Waals surface area contributed by atoms with Crippen molar-refractivity contribution in [3.63, 3.8) is 0 Å². The first kappa shape index (κ1) is 14.1. The van der Waals surface area contributed by atoms with Gasteiger partial charge in [0.05, 0.1) is 0 Å². The van der Waals surface area contributed by atoms with Gasteiger partial charge in [-0.2, -0.15) is 0 Å². The van der Waals surface area contributed by atoms with Crippen LogP contribution in [0.25, 0.3) is 0 Å². The Bertz CT molecular complexity index is 437. The maximum absolute atomic E-state index is 3.73. The monoisotopic (exact) mass is 271 g/mol. The van der Waals surface area contributed by atoms with E-state index < -0.39 is 0 Å². The van der Waals surface area contributed by atoms with E-state index in [2.05, 4.69) is 30.4 Å². The van der Waals surface area contributed by atoms with Crippen LogP contribution < -0.4 is 5.32 Å². The minimum absolute atomic E-state index is 0.781. The molecule has 0 spiro atoms. The van der Waals surface area contributed by atoms with Crippen LogP contribution in [-0.4, -0.2) is 12.6 Å². The summed E-state index contributed by atoms with van der Waals surface area (Å²) in [5.41, 5.74) is 4.84. The van der Waals surface area contributed by atoms with E-state index >= 15 is 0 Å². The Morgan fingerprint density at radius 3 is 2.90 bits per heavy atom. The minimum Gasteiger partial charge on any atom is -0.314 e. The van der Waals surface area contributed by atoms with E-state index in [1.165, 1.54) is 64.3 Å². The Hall–Kier alpha value is -0.820. The first-order valence-corrected chi connectivity index (χ1v) is 8.69. The number of hydrogen-bond acceptors (Lipinski definition) is 1. The second kappa shape index (κ2) is 6.76. The van der Waals surface area contributed by atoms with Gasteiger partial charge in [0.15, 0.2) is 0 Å². The van der Waals surface area contributed by atoms with Gasteiger partial charge in [-0.15, -0.1) is 0 Å². The first-order chi connectivity index (χ1) is 9.85. The molecule has 1 nitrogen and oxygen atoms in total. The maximum Gasteiger partial charge on any atom is 0.00698 e. The van der Waals surface area contributed by atoms with Crippen LogP contribution in [0.15, 0.2) is 18.2 Å². The Labute approximate surface area is 124 Å². The van der Waals surface area contributed by atoms with Gasteiger partial charge in [0.1, 0.15) is 0 Å². The molecular formula is C19H29N. The van der Waals surface area contributed by atoms with E-state index in [0.717, 1.165) is 12.0 Å². The minimum atomic E-state index is 0.781. The molecule has 1 fully saturated rings. The fraction of sp³-hybridized carbons (Fsp3) is 0.684. The van der Waals surface area contributed by atoms with Crippen LogP contribution in [-0.2, 0) is 19.3 Å². The summed E-state index contributed by atoms with van der Waals surface area (Å²) in [6.45, 7) is 3.45. The van der Waals surface area contributed by atoms with Crippen molar-refractivity contribution in [3.05, 3.63) is 34.9 Å². The standard InChI is InChI=1S/C19H29N/c1-2-11-20-19-8-3-5-15(14-19)12-16-9-10-17-6-4-7-18(17)13-16/h9-10,13,15,19-20H,2-8,11-12,14H2,1H3. The molecule has 1 aromatic rings. The largest absolute Gasteiger partial charge is 0.314 e. The summed E-state index contributed by atoms with van der Waals surface area (Å²) < 4.78 is 0. The molecule has 1 N–H and O–H groups in total. The van der Waals surface area contributed by atoms with Gasteiger partial charge in [-0.05, 0) is 74.1 Å². The summed E-state index contributed by atoms with van der Waals surface area (Å²) >= 11 is 0. The lowest BCUT2D eigenvalue weighted by atomic mass is 9.81.